The first-order valence-electron chi connectivity index (χ1n) is 4.64. The summed E-state index contributed by atoms with van der Waals surface area (Å²) in [4.78, 5) is 18.6. The standard InChI is InChI=1S/C10H12N4O/c1-6-7(2)12-9(13-10(6)15)8-4-11-14(3)5-8/h4-5H,1-3H3,(H,12,13,15). The fourth-order valence-electron chi connectivity index (χ4n) is 1.33. The van der Waals surface area contributed by atoms with Gasteiger partial charge in [-0.05, 0) is 13.8 Å². The zero-order chi connectivity index (χ0) is 11.0. The summed E-state index contributed by atoms with van der Waals surface area (Å²) in [5.74, 6) is 0.566. The predicted octanol–water partition coefficient (Wildman–Crippen LogP) is 0.787. The Balaban J connectivity index is 2.60. The second kappa shape index (κ2) is 3.34. The highest BCUT2D eigenvalue weighted by Gasteiger charge is 2.06. The third-order valence-corrected chi connectivity index (χ3v) is 2.37. The number of nitrogens with zero attached hydrogens (tertiary/aromatic N) is 3. The average molecular weight is 204 g/mol. The van der Waals surface area contributed by atoms with E-state index in [9.17, 15) is 4.79 Å². The molecule has 0 saturated carbocycles. The normalized spacial score (nSPS) is 10.6. The molecule has 5 nitrogen and oxygen atoms in total. The van der Waals surface area contributed by atoms with Crippen molar-refractivity contribution >= 4 is 0 Å². The Morgan fingerprint density at radius 1 is 1.40 bits per heavy atom. The molecule has 0 atom stereocenters. The van der Waals surface area contributed by atoms with Gasteiger partial charge in [-0.1, -0.05) is 0 Å². The van der Waals surface area contributed by atoms with E-state index in [1.165, 1.54) is 0 Å². The number of aryl methyl sites for hydroxylation is 2. The lowest BCUT2D eigenvalue weighted by Gasteiger charge is -2.01. The summed E-state index contributed by atoms with van der Waals surface area (Å²) in [6, 6.07) is 0. The van der Waals surface area contributed by atoms with Crippen LogP contribution in [0.3, 0.4) is 0 Å². The van der Waals surface area contributed by atoms with Gasteiger partial charge >= 0.3 is 0 Å². The molecule has 1 N–H and O–H groups in total. The van der Waals surface area contributed by atoms with Gasteiger partial charge in [0.1, 0.15) is 5.82 Å². The number of H-pyrrole nitrogens is 1. The summed E-state index contributed by atoms with van der Waals surface area (Å²) in [5.41, 5.74) is 2.12. The van der Waals surface area contributed by atoms with Crippen molar-refractivity contribution in [3.8, 4) is 11.4 Å². The molecule has 2 aromatic rings. The minimum absolute atomic E-state index is 0.0960. The fourth-order valence-corrected chi connectivity index (χ4v) is 1.33. The number of hydrogen-bond donors (Lipinski definition) is 1. The molecule has 0 fully saturated rings. The molecule has 0 saturated heterocycles. The van der Waals surface area contributed by atoms with Gasteiger partial charge in [0.05, 0.1) is 11.8 Å². The topological polar surface area (TPSA) is 63.6 Å². The van der Waals surface area contributed by atoms with Crippen molar-refractivity contribution in [2.75, 3.05) is 0 Å². The van der Waals surface area contributed by atoms with Crippen LogP contribution >= 0.6 is 0 Å². The zero-order valence-corrected chi connectivity index (χ0v) is 8.90. The highest BCUT2D eigenvalue weighted by Crippen LogP contribution is 2.12. The third-order valence-electron chi connectivity index (χ3n) is 2.37. The minimum Gasteiger partial charge on any atom is -0.306 e. The zero-order valence-electron chi connectivity index (χ0n) is 8.90. The first-order chi connectivity index (χ1) is 7.08. The SMILES string of the molecule is Cc1nc(-c2cnn(C)c2)[nH]c(=O)c1C. The molecule has 0 unspecified atom stereocenters. The highest BCUT2D eigenvalue weighted by molar-refractivity contribution is 5.52. The van der Waals surface area contributed by atoms with E-state index < -0.39 is 0 Å². The second-order valence-electron chi connectivity index (χ2n) is 3.53. The molecule has 2 rings (SSSR count). The van der Waals surface area contributed by atoms with Gasteiger partial charge in [0.25, 0.3) is 5.56 Å². The van der Waals surface area contributed by atoms with Crippen LogP contribution in [0.15, 0.2) is 17.2 Å². The maximum absolute atomic E-state index is 11.5. The van der Waals surface area contributed by atoms with E-state index in [0.717, 1.165) is 11.3 Å². The van der Waals surface area contributed by atoms with Gasteiger partial charge in [-0.25, -0.2) is 4.98 Å². The summed E-state index contributed by atoms with van der Waals surface area (Å²) in [6.07, 6.45) is 3.49. The molecule has 5 heteroatoms. The van der Waals surface area contributed by atoms with Crippen LogP contribution in [0.4, 0.5) is 0 Å². The molecular weight excluding hydrogens is 192 g/mol. The van der Waals surface area contributed by atoms with Gasteiger partial charge in [0.15, 0.2) is 0 Å². The number of nitrogens with one attached hydrogen (secondary N) is 1. The lowest BCUT2D eigenvalue weighted by atomic mass is 10.2. The highest BCUT2D eigenvalue weighted by atomic mass is 16.1. The molecule has 0 bridgehead atoms. The number of hydrogen-bond acceptors (Lipinski definition) is 3. The van der Waals surface area contributed by atoms with Gasteiger partial charge < -0.3 is 4.98 Å². The molecule has 0 radical (unpaired) electrons. The molecule has 0 aromatic carbocycles. The molecule has 2 aromatic heterocycles. The van der Waals surface area contributed by atoms with Gasteiger partial charge in [-0.15, -0.1) is 0 Å². The van der Waals surface area contributed by atoms with Gasteiger partial charge in [0.2, 0.25) is 0 Å². The molecule has 0 aliphatic rings. The number of aromatic amines is 1. The molecule has 15 heavy (non-hydrogen) atoms. The maximum atomic E-state index is 11.5. The Kier molecular flexibility index (Phi) is 2.15. The Morgan fingerprint density at radius 2 is 2.13 bits per heavy atom. The predicted molar refractivity (Wildman–Crippen MR) is 56.5 cm³/mol. The Hall–Kier alpha value is -1.91. The van der Waals surface area contributed by atoms with Crippen molar-refractivity contribution in [1.82, 2.24) is 19.7 Å². The van der Waals surface area contributed by atoms with Crippen molar-refractivity contribution < 1.29 is 0 Å². The summed E-state index contributed by atoms with van der Waals surface area (Å²) >= 11 is 0. The molecule has 0 aliphatic carbocycles. The maximum Gasteiger partial charge on any atom is 0.254 e. The van der Waals surface area contributed by atoms with E-state index in [-0.39, 0.29) is 5.56 Å². The molecule has 0 spiro atoms. The van der Waals surface area contributed by atoms with Crippen molar-refractivity contribution in [2.24, 2.45) is 7.05 Å². The van der Waals surface area contributed by atoms with E-state index in [2.05, 4.69) is 15.1 Å². The summed E-state index contributed by atoms with van der Waals surface area (Å²) in [5, 5.41) is 4.03. The van der Waals surface area contributed by atoms with Crippen LogP contribution in [0.5, 0.6) is 0 Å². The Labute approximate surface area is 86.8 Å². The van der Waals surface area contributed by atoms with Gasteiger partial charge in [-0.3, -0.25) is 9.48 Å². The molecule has 0 amide bonds. The van der Waals surface area contributed by atoms with Crippen molar-refractivity contribution in [3.05, 3.63) is 34.0 Å². The van der Waals surface area contributed by atoms with E-state index in [4.69, 9.17) is 0 Å². The van der Waals surface area contributed by atoms with Gasteiger partial charge in [-0.2, -0.15) is 5.10 Å². The molecule has 0 aliphatic heterocycles. The first-order valence-corrected chi connectivity index (χ1v) is 4.64. The summed E-state index contributed by atoms with van der Waals surface area (Å²) < 4.78 is 1.67. The number of aromatic nitrogens is 4. The molecule has 78 valence electrons. The van der Waals surface area contributed by atoms with E-state index in [1.54, 1.807) is 17.8 Å². The first kappa shape index (κ1) is 9.64. The van der Waals surface area contributed by atoms with Crippen LogP contribution in [-0.4, -0.2) is 19.7 Å². The minimum atomic E-state index is -0.0960. The summed E-state index contributed by atoms with van der Waals surface area (Å²) in [7, 11) is 1.82. The smallest absolute Gasteiger partial charge is 0.254 e. The third kappa shape index (κ3) is 1.68. The fraction of sp³-hybridized carbons (Fsp3) is 0.300. The molecule has 2 heterocycles. The van der Waals surface area contributed by atoms with Crippen LogP contribution in [0, 0.1) is 13.8 Å². The summed E-state index contributed by atoms with van der Waals surface area (Å²) in [6.45, 7) is 3.58. The lowest BCUT2D eigenvalue weighted by Crippen LogP contribution is -2.14. The Morgan fingerprint density at radius 3 is 2.67 bits per heavy atom. The second-order valence-corrected chi connectivity index (χ2v) is 3.53. The van der Waals surface area contributed by atoms with Crippen molar-refractivity contribution in [2.45, 2.75) is 13.8 Å². The average Bonchev–Trinajstić information content (AvgIpc) is 2.60. The molecular formula is C10H12N4O. The Bertz CT molecular complexity index is 553. The van der Waals surface area contributed by atoms with Crippen LogP contribution in [-0.2, 0) is 7.05 Å². The quantitative estimate of drug-likeness (QED) is 0.746. The van der Waals surface area contributed by atoms with Crippen LogP contribution < -0.4 is 5.56 Å². The van der Waals surface area contributed by atoms with Crippen molar-refractivity contribution in [1.29, 1.82) is 0 Å². The monoisotopic (exact) mass is 204 g/mol. The van der Waals surface area contributed by atoms with Crippen molar-refractivity contribution in [3.63, 3.8) is 0 Å². The van der Waals surface area contributed by atoms with E-state index >= 15 is 0 Å². The van der Waals surface area contributed by atoms with E-state index in [1.807, 2.05) is 20.2 Å². The van der Waals surface area contributed by atoms with Crippen LogP contribution in [0.25, 0.3) is 11.4 Å². The largest absolute Gasteiger partial charge is 0.306 e. The number of rotatable bonds is 1. The van der Waals surface area contributed by atoms with Crippen LogP contribution in [0.1, 0.15) is 11.3 Å². The van der Waals surface area contributed by atoms with Crippen LogP contribution in [0.2, 0.25) is 0 Å². The lowest BCUT2D eigenvalue weighted by molar-refractivity contribution is 0.768. The van der Waals surface area contributed by atoms with Gasteiger partial charge in [0, 0.05) is 24.5 Å². The van der Waals surface area contributed by atoms with E-state index in [0.29, 0.717) is 11.4 Å².